The molecule has 1 fully saturated rings. The van der Waals surface area contributed by atoms with Crippen LogP contribution in [0.3, 0.4) is 0 Å². The quantitative estimate of drug-likeness (QED) is 0.692. The number of nitriles is 1. The Bertz CT molecular complexity index is 1110. The number of nitrogen functional groups attached to an aromatic ring is 1. The molecule has 0 aliphatic carbocycles. The minimum absolute atomic E-state index is 0.0649. The second kappa shape index (κ2) is 8.00. The van der Waals surface area contributed by atoms with Crippen LogP contribution in [0.4, 0.5) is 15.9 Å². The fraction of sp³-hybridized carbons (Fsp3) is 0.286. The second-order valence-corrected chi connectivity index (χ2v) is 6.98. The minimum atomic E-state index is -0.745. The standard InChI is InChI=1S/C21H21FN6O2/c1-29-15-3-5-27(11-15)14-7-13(8-16(9-14)30-2)18-17(10-23)21(26-20(24)19(18)22)28-6-4-25-12-28/h4,6-9,12,15H,3,5,11H2,1-2H3,(H2,24,26)/t15-/m1/s1. The van der Waals surface area contributed by atoms with E-state index in [-0.39, 0.29) is 28.9 Å². The van der Waals surface area contributed by atoms with Gasteiger partial charge in [-0.2, -0.15) is 5.26 Å². The van der Waals surface area contributed by atoms with Gasteiger partial charge in [0.05, 0.1) is 13.2 Å². The topological polar surface area (TPSA) is 102 Å². The van der Waals surface area contributed by atoms with Gasteiger partial charge >= 0.3 is 0 Å². The number of pyridine rings is 1. The first-order valence-electron chi connectivity index (χ1n) is 9.40. The fourth-order valence-corrected chi connectivity index (χ4v) is 3.70. The van der Waals surface area contributed by atoms with E-state index in [0.29, 0.717) is 11.3 Å². The molecule has 9 heteroatoms. The summed E-state index contributed by atoms with van der Waals surface area (Å²) in [6.07, 6.45) is 5.68. The van der Waals surface area contributed by atoms with Crippen LogP contribution < -0.4 is 15.4 Å². The van der Waals surface area contributed by atoms with Gasteiger partial charge in [0, 0.05) is 49.9 Å². The van der Waals surface area contributed by atoms with Gasteiger partial charge in [0.15, 0.2) is 17.5 Å². The molecule has 0 unspecified atom stereocenters. The third-order valence-electron chi connectivity index (χ3n) is 5.26. The zero-order valence-electron chi connectivity index (χ0n) is 16.7. The normalized spacial score (nSPS) is 15.9. The summed E-state index contributed by atoms with van der Waals surface area (Å²) >= 11 is 0. The van der Waals surface area contributed by atoms with Crippen molar-refractivity contribution in [3.05, 3.63) is 48.3 Å². The van der Waals surface area contributed by atoms with Crippen molar-refractivity contribution in [2.45, 2.75) is 12.5 Å². The van der Waals surface area contributed by atoms with Crippen LogP contribution in [0.5, 0.6) is 5.75 Å². The van der Waals surface area contributed by atoms with E-state index in [1.807, 2.05) is 12.1 Å². The molecule has 2 aromatic heterocycles. The number of methoxy groups -OCH3 is 2. The fourth-order valence-electron chi connectivity index (χ4n) is 3.70. The molecule has 1 saturated heterocycles. The van der Waals surface area contributed by atoms with Gasteiger partial charge in [0.25, 0.3) is 0 Å². The molecule has 1 aliphatic rings. The molecule has 0 bridgehead atoms. The van der Waals surface area contributed by atoms with E-state index >= 15 is 4.39 Å². The maximum absolute atomic E-state index is 15.2. The molecule has 4 rings (SSSR count). The highest BCUT2D eigenvalue weighted by Gasteiger charge is 2.26. The average molecular weight is 408 g/mol. The molecule has 0 saturated carbocycles. The van der Waals surface area contributed by atoms with Crippen molar-refractivity contribution in [2.75, 3.05) is 37.9 Å². The largest absolute Gasteiger partial charge is 0.497 e. The highest BCUT2D eigenvalue weighted by molar-refractivity contribution is 5.80. The molecular weight excluding hydrogens is 387 g/mol. The third kappa shape index (κ3) is 3.42. The van der Waals surface area contributed by atoms with Crippen molar-refractivity contribution in [1.29, 1.82) is 5.26 Å². The number of ether oxygens (including phenoxy) is 2. The SMILES string of the molecule is COc1cc(-c2c(F)c(N)nc(-n3ccnc3)c2C#N)cc(N2CC[C@@H](OC)C2)c1. The van der Waals surface area contributed by atoms with Crippen LogP contribution in [0, 0.1) is 17.1 Å². The average Bonchev–Trinajstić information content (AvgIpc) is 3.47. The molecule has 0 spiro atoms. The number of aromatic nitrogens is 3. The Kier molecular flexibility index (Phi) is 5.25. The molecule has 1 aromatic carbocycles. The smallest absolute Gasteiger partial charge is 0.174 e. The molecule has 154 valence electrons. The van der Waals surface area contributed by atoms with Gasteiger partial charge in [0.1, 0.15) is 23.7 Å². The second-order valence-electron chi connectivity index (χ2n) is 6.98. The van der Waals surface area contributed by atoms with Crippen molar-refractivity contribution in [3.8, 4) is 28.8 Å². The number of hydrogen-bond donors (Lipinski definition) is 1. The van der Waals surface area contributed by atoms with E-state index in [9.17, 15) is 5.26 Å². The Morgan fingerprint density at radius 2 is 2.13 bits per heavy atom. The van der Waals surface area contributed by atoms with E-state index in [1.165, 1.54) is 10.9 Å². The van der Waals surface area contributed by atoms with Crippen molar-refractivity contribution < 1.29 is 13.9 Å². The summed E-state index contributed by atoms with van der Waals surface area (Å²) in [5.74, 6) is -0.274. The monoisotopic (exact) mass is 408 g/mol. The molecule has 0 amide bonds. The van der Waals surface area contributed by atoms with Crippen LogP contribution in [-0.4, -0.2) is 47.9 Å². The highest BCUT2D eigenvalue weighted by atomic mass is 19.1. The van der Waals surface area contributed by atoms with Crippen LogP contribution >= 0.6 is 0 Å². The van der Waals surface area contributed by atoms with E-state index < -0.39 is 5.82 Å². The Labute approximate surface area is 173 Å². The molecule has 3 aromatic rings. The van der Waals surface area contributed by atoms with Crippen molar-refractivity contribution in [2.24, 2.45) is 0 Å². The predicted molar refractivity (Wildman–Crippen MR) is 110 cm³/mol. The Morgan fingerprint density at radius 1 is 1.30 bits per heavy atom. The molecule has 0 radical (unpaired) electrons. The summed E-state index contributed by atoms with van der Waals surface area (Å²) in [6.45, 7) is 1.52. The van der Waals surface area contributed by atoms with Gasteiger partial charge in [-0.25, -0.2) is 14.4 Å². The first-order chi connectivity index (χ1) is 14.5. The Morgan fingerprint density at radius 3 is 2.77 bits per heavy atom. The number of nitrogens with zero attached hydrogens (tertiary/aromatic N) is 5. The van der Waals surface area contributed by atoms with Crippen LogP contribution in [0.25, 0.3) is 16.9 Å². The Hall–Kier alpha value is -3.64. The Balaban J connectivity index is 1.90. The van der Waals surface area contributed by atoms with Gasteiger partial charge in [-0.15, -0.1) is 0 Å². The maximum atomic E-state index is 15.2. The lowest BCUT2D eigenvalue weighted by atomic mass is 9.99. The van der Waals surface area contributed by atoms with Crippen LogP contribution in [0.1, 0.15) is 12.0 Å². The van der Waals surface area contributed by atoms with Crippen molar-refractivity contribution in [1.82, 2.24) is 14.5 Å². The summed E-state index contributed by atoms with van der Waals surface area (Å²) in [5, 5.41) is 9.86. The lowest BCUT2D eigenvalue weighted by Crippen LogP contribution is -2.22. The van der Waals surface area contributed by atoms with Gasteiger partial charge < -0.3 is 20.1 Å². The minimum Gasteiger partial charge on any atom is -0.497 e. The van der Waals surface area contributed by atoms with E-state index in [1.54, 1.807) is 32.7 Å². The van der Waals surface area contributed by atoms with Crippen LogP contribution in [0.2, 0.25) is 0 Å². The van der Waals surface area contributed by atoms with Crippen LogP contribution in [0.15, 0.2) is 36.9 Å². The number of hydrogen-bond acceptors (Lipinski definition) is 7. The predicted octanol–water partition coefficient (Wildman–Crippen LogP) is 2.76. The molecular formula is C21H21FN6O2. The lowest BCUT2D eigenvalue weighted by Gasteiger charge is -2.21. The first kappa shape index (κ1) is 19.7. The number of benzene rings is 1. The van der Waals surface area contributed by atoms with Gasteiger partial charge in [0.2, 0.25) is 0 Å². The molecule has 1 aliphatic heterocycles. The number of nitrogens with two attached hydrogens (primary N) is 1. The molecule has 30 heavy (non-hydrogen) atoms. The molecule has 2 N–H and O–H groups in total. The number of imidazole rings is 1. The first-order valence-corrected chi connectivity index (χ1v) is 9.40. The number of halogens is 1. The summed E-state index contributed by atoms with van der Waals surface area (Å²) in [6, 6.07) is 7.48. The molecule has 8 nitrogen and oxygen atoms in total. The summed E-state index contributed by atoms with van der Waals surface area (Å²) in [5.41, 5.74) is 7.35. The number of rotatable bonds is 5. The third-order valence-corrected chi connectivity index (χ3v) is 5.26. The molecule has 3 heterocycles. The van der Waals surface area contributed by atoms with Crippen molar-refractivity contribution in [3.63, 3.8) is 0 Å². The number of anilines is 2. The van der Waals surface area contributed by atoms with E-state index in [2.05, 4.69) is 20.9 Å². The zero-order valence-corrected chi connectivity index (χ0v) is 16.7. The van der Waals surface area contributed by atoms with Gasteiger partial charge in [-0.1, -0.05) is 0 Å². The zero-order chi connectivity index (χ0) is 21.3. The summed E-state index contributed by atoms with van der Waals surface area (Å²) in [4.78, 5) is 10.2. The summed E-state index contributed by atoms with van der Waals surface area (Å²) in [7, 11) is 3.24. The summed E-state index contributed by atoms with van der Waals surface area (Å²) < 4.78 is 27.6. The van der Waals surface area contributed by atoms with E-state index in [0.717, 1.165) is 25.2 Å². The highest BCUT2D eigenvalue weighted by Crippen LogP contribution is 2.37. The maximum Gasteiger partial charge on any atom is 0.174 e. The van der Waals surface area contributed by atoms with Gasteiger partial charge in [-0.3, -0.25) is 4.57 Å². The van der Waals surface area contributed by atoms with Gasteiger partial charge in [-0.05, 0) is 24.1 Å². The van der Waals surface area contributed by atoms with E-state index in [4.69, 9.17) is 15.2 Å². The molecule has 1 atom stereocenters. The van der Waals surface area contributed by atoms with Crippen LogP contribution in [-0.2, 0) is 4.74 Å². The lowest BCUT2D eigenvalue weighted by molar-refractivity contribution is 0.121. The van der Waals surface area contributed by atoms with Crippen molar-refractivity contribution >= 4 is 11.5 Å².